The van der Waals surface area contributed by atoms with Gasteiger partial charge in [-0.1, -0.05) is 0 Å². The number of carbonyl (C=O) groups excluding carboxylic acids is 3. The maximum atomic E-state index is 12.3. The number of piperazine rings is 1. The van der Waals surface area contributed by atoms with Gasteiger partial charge in [0.1, 0.15) is 12.1 Å². The molecule has 1 unspecified atom stereocenters. The molecular weight excluding hydrogens is 260 g/mol. The molecule has 2 saturated heterocycles. The Morgan fingerprint density at radius 3 is 2.80 bits per heavy atom. The number of carbonyl (C=O) groups is 3. The van der Waals surface area contributed by atoms with E-state index in [-0.39, 0.29) is 18.6 Å². The van der Waals surface area contributed by atoms with Crippen molar-refractivity contribution in [1.29, 1.82) is 0 Å². The Balaban J connectivity index is 1.92. The lowest BCUT2D eigenvalue weighted by molar-refractivity contribution is -0.155. The molecule has 0 aromatic rings. The Morgan fingerprint density at radius 1 is 1.40 bits per heavy atom. The van der Waals surface area contributed by atoms with Crippen LogP contribution in [-0.4, -0.2) is 47.4 Å². The van der Waals surface area contributed by atoms with Gasteiger partial charge >= 0.3 is 0 Å². The number of ether oxygens (including phenoxy) is 1. The highest BCUT2D eigenvalue weighted by Crippen LogP contribution is 2.22. The predicted molar refractivity (Wildman–Crippen MR) is 71.8 cm³/mol. The molecule has 0 aromatic carbocycles. The number of rotatable bonds is 3. The molecule has 0 aliphatic carbocycles. The second-order valence-electron chi connectivity index (χ2n) is 5.94. The normalized spacial score (nSPS) is 26.3. The smallest absolute Gasteiger partial charge is 0.252 e. The van der Waals surface area contributed by atoms with Gasteiger partial charge in [-0.25, -0.2) is 0 Å². The number of amides is 3. The highest BCUT2D eigenvalue weighted by molar-refractivity contribution is 6.06. The number of imide groups is 1. The van der Waals surface area contributed by atoms with Crippen LogP contribution in [0, 0.1) is 0 Å². The van der Waals surface area contributed by atoms with Crippen LogP contribution in [0.5, 0.6) is 0 Å². The Kier molecular flexibility index (Phi) is 4.42. The fourth-order valence-electron chi connectivity index (χ4n) is 2.64. The largest absolute Gasteiger partial charge is 0.378 e. The van der Waals surface area contributed by atoms with Crippen LogP contribution in [0.15, 0.2) is 0 Å². The second kappa shape index (κ2) is 5.91. The fraction of sp³-hybridized carbons (Fsp3) is 0.786. The zero-order valence-corrected chi connectivity index (χ0v) is 12.1. The third kappa shape index (κ3) is 3.17. The first-order chi connectivity index (χ1) is 9.41. The molecule has 2 aliphatic rings. The van der Waals surface area contributed by atoms with Crippen LogP contribution in [-0.2, 0) is 19.1 Å². The van der Waals surface area contributed by atoms with Crippen LogP contribution < -0.4 is 5.32 Å². The highest BCUT2D eigenvalue weighted by atomic mass is 16.5. The van der Waals surface area contributed by atoms with Crippen molar-refractivity contribution in [2.75, 3.05) is 13.2 Å². The minimum absolute atomic E-state index is 0.0525. The molecule has 3 amide bonds. The van der Waals surface area contributed by atoms with Crippen molar-refractivity contribution in [1.82, 2.24) is 10.2 Å². The van der Waals surface area contributed by atoms with E-state index >= 15 is 0 Å². The first kappa shape index (κ1) is 15.0. The number of nitrogens with zero attached hydrogens (tertiary/aromatic N) is 1. The maximum Gasteiger partial charge on any atom is 0.252 e. The van der Waals surface area contributed by atoms with Gasteiger partial charge in [-0.15, -0.1) is 0 Å². The average molecular weight is 282 g/mol. The van der Waals surface area contributed by atoms with Gasteiger partial charge in [-0.2, -0.15) is 0 Å². The van der Waals surface area contributed by atoms with Crippen molar-refractivity contribution in [3.05, 3.63) is 0 Å². The molecule has 2 aliphatic heterocycles. The van der Waals surface area contributed by atoms with Crippen molar-refractivity contribution >= 4 is 17.7 Å². The molecule has 6 heteroatoms. The van der Waals surface area contributed by atoms with E-state index in [2.05, 4.69) is 5.32 Å². The summed E-state index contributed by atoms with van der Waals surface area (Å²) in [7, 11) is 0. The van der Waals surface area contributed by atoms with Crippen molar-refractivity contribution < 1.29 is 19.1 Å². The van der Waals surface area contributed by atoms with Crippen LogP contribution in [0.25, 0.3) is 0 Å². The van der Waals surface area contributed by atoms with E-state index in [0.29, 0.717) is 12.8 Å². The van der Waals surface area contributed by atoms with E-state index in [1.807, 2.05) is 0 Å². The number of hydrogen-bond donors (Lipinski definition) is 1. The molecule has 2 heterocycles. The summed E-state index contributed by atoms with van der Waals surface area (Å²) in [6.07, 6.45) is 4.30. The molecule has 20 heavy (non-hydrogen) atoms. The molecule has 0 spiro atoms. The van der Waals surface area contributed by atoms with Crippen molar-refractivity contribution in [3.8, 4) is 0 Å². The molecule has 2 fully saturated rings. The van der Waals surface area contributed by atoms with Crippen molar-refractivity contribution in [3.63, 3.8) is 0 Å². The number of hydrogen-bond acceptors (Lipinski definition) is 4. The van der Waals surface area contributed by atoms with E-state index in [9.17, 15) is 14.4 Å². The monoisotopic (exact) mass is 282 g/mol. The molecule has 1 atom stereocenters. The van der Waals surface area contributed by atoms with E-state index in [1.165, 1.54) is 4.90 Å². The topological polar surface area (TPSA) is 75.7 Å². The molecule has 0 bridgehead atoms. The SMILES string of the molecule is CC1(C)C(=O)NC(=O)CN1C(=O)CCC1CCCCO1. The van der Waals surface area contributed by atoms with Crippen LogP contribution in [0.3, 0.4) is 0 Å². The molecule has 112 valence electrons. The molecule has 0 radical (unpaired) electrons. The van der Waals surface area contributed by atoms with E-state index < -0.39 is 17.4 Å². The molecule has 6 nitrogen and oxygen atoms in total. The van der Waals surface area contributed by atoms with Gasteiger partial charge in [0.05, 0.1) is 6.10 Å². The molecule has 2 rings (SSSR count). The third-order valence-electron chi connectivity index (χ3n) is 4.04. The minimum atomic E-state index is -0.974. The summed E-state index contributed by atoms with van der Waals surface area (Å²) in [4.78, 5) is 36.9. The van der Waals surface area contributed by atoms with Crippen LogP contribution in [0.2, 0.25) is 0 Å². The molecular formula is C14H22N2O4. The van der Waals surface area contributed by atoms with Gasteiger partial charge in [0.2, 0.25) is 11.8 Å². The van der Waals surface area contributed by atoms with Gasteiger partial charge in [-0.05, 0) is 39.5 Å². The lowest BCUT2D eigenvalue weighted by atomic mass is 9.97. The van der Waals surface area contributed by atoms with Gasteiger partial charge in [0, 0.05) is 13.0 Å². The number of nitrogens with one attached hydrogen (secondary N) is 1. The minimum Gasteiger partial charge on any atom is -0.378 e. The lowest BCUT2D eigenvalue weighted by Gasteiger charge is -2.40. The molecule has 0 aromatic heterocycles. The van der Waals surface area contributed by atoms with Gasteiger partial charge in [-0.3, -0.25) is 19.7 Å². The second-order valence-corrected chi connectivity index (χ2v) is 5.94. The third-order valence-corrected chi connectivity index (χ3v) is 4.04. The summed E-state index contributed by atoms with van der Waals surface area (Å²) in [5.74, 6) is -1.00. The quantitative estimate of drug-likeness (QED) is 0.769. The van der Waals surface area contributed by atoms with Crippen molar-refractivity contribution in [2.24, 2.45) is 0 Å². The van der Waals surface area contributed by atoms with Crippen LogP contribution in [0.1, 0.15) is 46.0 Å². The summed E-state index contributed by atoms with van der Waals surface area (Å²) in [6.45, 7) is 4.02. The lowest BCUT2D eigenvalue weighted by Crippen LogP contribution is -2.65. The Bertz CT molecular complexity index is 413. The molecule has 1 N–H and O–H groups in total. The van der Waals surface area contributed by atoms with Gasteiger partial charge in [0.15, 0.2) is 0 Å². The summed E-state index contributed by atoms with van der Waals surface area (Å²) < 4.78 is 5.59. The van der Waals surface area contributed by atoms with E-state index in [0.717, 1.165) is 25.9 Å². The highest BCUT2D eigenvalue weighted by Gasteiger charge is 2.43. The average Bonchev–Trinajstić information content (AvgIpc) is 2.41. The van der Waals surface area contributed by atoms with Crippen molar-refractivity contribution in [2.45, 2.75) is 57.6 Å². The standard InChI is InChI=1S/C14H22N2O4/c1-14(2)13(19)15-11(17)9-16(14)12(18)7-6-10-5-3-4-8-20-10/h10H,3-9H2,1-2H3,(H,15,17,19). The Morgan fingerprint density at radius 2 is 2.15 bits per heavy atom. The molecule has 0 saturated carbocycles. The first-order valence-corrected chi connectivity index (χ1v) is 7.17. The van der Waals surface area contributed by atoms with E-state index in [4.69, 9.17) is 4.74 Å². The first-order valence-electron chi connectivity index (χ1n) is 7.17. The summed E-state index contributed by atoms with van der Waals surface area (Å²) in [5, 5.41) is 2.26. The zero-order chi connectivity index (χ0) is 14.8. The Labute approximate surface area is 118 Å². The van der Waals surface area contributed by atoms with Crippen LogP contribution >= 0.6 is 0 Å². The summed E-state index contributed by atoms with van der Waals surface area (Å²) in [5.41, 5.74) is -0.974. The van der Waals surface area contributed by atoms with Crippen LogP contribution in [0.4, 0.5) is 0 Å². The fourth-order valence-corrected chi connectivity index (χ4v) is 2.64. The zero-order valence-electron chi connectivity index (χ0n) is 12.1. The summed E-state index contributed by atoms with van der Waals surface area (Å²) in [6, 6.07) is 0. The van der Waals surface area contributed by atoms with Gasteiger partial charge < -0.3 is 9.64 Å². The maximum absolute atomic E-state index is 12.3. The van der Waals surface area contributed by atoms with Gasteiger partial charge in [0.25, 0.3) is 5.91 Å². The summed E-state index contributed by atoms with van der Waals surface area (Å²) >= 11 is 0. The Hall–Kier alpha value is -1.43. The predicted octanol–water partition coefficient (Wildman–Crippen LogP) is 0.599. The van der Waals surface area contributed by atoms with E-state index in [1.54, 1.807) is 13.8 Å².